The summed E-state index contributed by atoms with van der Waals surface area (Å²) in [7, 11) is 5.49. The molecule has 0 aromatic heterocycles. The molecule has 0 aromatic rings. The number of aliphatic hydroxyl groups excluding tert-OH is 3. The molecule has 0 spiro atoms. The summed E-state index contributed by atoms with van der Waals surface area (Å²) < 4.78 is 37.9. The van der Waals surface area contributed by atoms with E-state index >= 15 is 0 Å². The molecular formula is C80H145N11O19P2. The first kappa shape index (κ1) is 105. The molecule has 0 aromatic carbocycles. The van der Waals surface area contributed by atoms with Crippen molar-refractivity contribution in [2.24, 2.45) is 11.8 Å². The van der Waals surface area contributed by atoms with E-state index in [1.165, 1.54) is 13.8 Å². The highest BCUT2D eigenvalue weighted by Gasteiger charge is 2.44. The van der Waals surface area contributed by atoms with Gasteiger partial charge in [0.25, 0.3) is 8.53 Å². The van der Waals surface area contributed by atoms with Crippen molar-refractivity contribution in [3.05, 3.63) is 0 Å². The van der Waals surface area contributed by atoms with Crippen molar-refractivity contribution in [2.75, 3.05) is 100 Å². The van der Waals surface area contributed by atoms with Crippen LogP contribution in [0.15, 0.2) is 0 Å². The van der Waals surface area contributed by atoms with Gasteiger partial charge in [-0.3, -0.25) is 48.2 Å². The zero-order valence-corrected chi connectivity index (χ0v) is 73.8. The third-order valence-electron chi connectivity index (χ3n) is 20.6. The number of carbonyl (C=O) groups is 10. The third kappa shape index (κ3) is 35.2. The van der Waals surface area contributed by atoms with E-state index in [9.17, 15) is 58.2 Å². The molecule has 2 unspecified atom stereocenters. The zero-order chi connectivity index (χ0) is 85.1. The van der Waals surface area contributed by atoms with Gasteiger partial charge >= 0.3 is 11.9 Å². The number of carbonyl (C=O) groups excluding carboxylic acids is 10. The Morgan fingerprint density at radius 1 is 0.446 bits per heavy atom. The van der Waals surface area contributed by atoms with Gasteiger partial charge in [-0.25, -0.2) is 4.67 Å². The first-order chi connectivity index (χ1) is 53.1. The summed E-state index contributed by atoms with van der Waals surface area (Å²) in [5.41, 5.74) is 0. The second kappa shape index (κ2) is 56.8. The average molecular weight is 1630 g/mol. The van der Waals surface area contributed by atoms with Crippen molar-refractivity contribution in [3.8, 4) is 12.1 Å². The van der Waals surface area contributed by atoms with Crippen LogP contribution in [0.1, 0.15) is 253 Å². The van der Waals surface area contributed by atoms with Gasteiger partial charge in [0, 0.05) is 128 Å². The van der Waals surface area contributed by atoms with Crippen LogP contribution in [-0.2, 0) is 75.5 Å². The quantitative estimate of drug-likeness (QED) is 0.0227. The van der Waals surface area contributed by atoms with Gasteiger partial charge in [0.15, 0.2) is 0 Å². The minimum Gasteiger partial charge on any atom is -0.460 e. The SMILES string of the molecule is CCC(=O)N1CC[C@@H](O)[C@@H]1CC.CCC(=O)N1CC[C@@H](OC(=O)CCC(C)=O)[C@@H]1CC.CCC(=O)N1CC[C@@H](OP(OCCC#N)N(C(C)C)C(C)C)[C@@H]1CC.CCC(=O)N1CC[C@H](O)[C@@H]1CO.CCC(=O)N1C[C@@H](CC)[C@H](OC(=O)CCC(C)=O)C1.CCC(=O)N1C[C@@H](CC)[C@H](OP(OCCC#N)C(N(C)C)N(C)C)C1. The van der Waals surface area contributed by atoms with Crippen molar-refractivity contribution >= 4 is 75.8 Å². The van der Waals surface area contributed by atoms with Crippen molar-refractivity contribution in [1.29, 1.82) is 10.5 Å². The van der Waals surface area contributed by atoms with E-state index in [4.69, 9.17) is 43.2 Å². The number of Topliss-reactive ketones (excluding diaryl/α,β-unsaturated/α-hetero) is 2. The Balaban J connectivity index is 0.000000685. The van der Waals surface area contributed by atoms with E-state index in [1.54, 1.807) is 16.7 Å². The maximum absolute atomic E-state index is 12.2. The van der Waals surface area contributed by atoms with Gasteiger partial charge < -0.3 is 81.9 Å². The lowest BCUT2D eigenvalue weighted by molar-refractivity contribution is -0.152. The van der Waals surface area contributed by atoms with Crippen molar-refractivity contribution < 1.29 is 90.8 Å². The molecule has 112 heavy (non-hydrogen) atoms. The van der Waals surface area contributed by atoms with Crippen LogP contribution in [0, 0.1) is 34.5 Å². The Bertz CT molecular complexity index is 2780. The minimum absolute atomic E-state index is 0.00519. The average Bonchev–Trinajstić information content (AvgIpc) is 1.61. The van der Waals surface area contributed by atoms with Crippen LogP contribution < -0.4 is 0 Å². The van der Waals surface area contributed by atoms with E-state index in [0.29, 0.717) is 116 Å². The highest BCUT2D eigenvalue weighted by Crippen LogP contribution is 2.50. The fourth-order valence-electron chi connectivity index (χ4n) is 14.6. The highest BCUT2D eigenvalue weighted by atomic mass is 31.2. The lowest BCUT2D eigenvalue weighted by Gasteiger charge is -2.38. The standard InChI is InChI=1S/C18H34N3O3P.C17H33N4O3P.2C14H23NO4.C9H17NO2.C8H15NO3/c1-7-16-17(10-12-20(16)18(22)8-2)24-25(23-13-9-11-19)21(14(3)4)15(5)6;1-7-14-12-21(16(22)8-2)13-15(14)24-25(23-11-9-10-18)17(19(3)4)20(5)6;1-4-11-8-15(13(17)5-2)9-12(11)19-14(18)7-6-10(3)16;1-4-11-12(8-9-15(11)13(17)5-2)19-14(18)7-6-10(3)16;1-3-7-8(11)5-6-10(7)9(12)4-2;1-2-8(12)9-4-3-7(11)6(9)5-10/h14-17H,7-10,12-13H2,1-6H3;14-15,17H,7-9,11-13H2,1-6H3;2*11-12H,4-9H2,1-3H3;7-8,11H,3-6H2,1-2H3;6-7,10-11H,2-5H2,1H3/t16-,17+,25?;14-,15-,25?;11-,12-;11-,12+;7-,8+;6-,7-/m011000/s1. The number of esters is 2. The van der Waals surface area contributed by atoms with Crippen molar-refractivity contribution in [3.63, 3.8) is 0 Å². The Morgan fingerprint density at radius 2 is 0.804 bits per heavy atom. The number of ether oxygens (including phenoxy) is 2. The maximum atomic E-state index is 12.2. The molecule has 6 fully saturated rings. The van der Waals surface area contributed by atoms with Crippen molar-refractivity contribution in [1.82, 2.24) is 43.9 Å². The molecule has 0 bridgehead atoms. The van der Waals surface area contributed by atoms with Gasteiger partial charge in [-0.1, -0.05) is 76.2 Å². The van der Waals surface area contributed by atoms with Gasteiger partial charge in [-0.15, -0.1) is 0 Å². The normalized spacial score (nSPS) is 23.7. The van der Waals surface area contributed by atoms with E-state index in [2.05, 4.69) is 68.2 Å². The number of hydrogen-bond donors (Lipinski definition) is 3. The van der Waals surface area contributed by atoms with Gasteiger partial charge in [-0.05, 0) is 121 Å². The van der Waals surface area contributed by atoms with E-state index < -0.39 is 23.0 Å². The van der Waals surface area contributed by atoms with Gasteiger partial charge in [-0.2, -0.15) is 10.5 Å². The van der Waals surface area contributed by atoms with Crippen LogP contribution >= 0.6 is 16.9 Å². The Kier molecular flexibility index (Phi) is 53.0. The molecule has 644 valence electrons. The Morgan fingerprint density at radius 3 is 1.18 bits per heavy atom. The largest absolute Gasteiger partial charge is 0.460 e. The monoisotopic (exact) mass is 1630 g/mol. The molecule has 6 aliphatic heterocycles. The second-order valence-electron chi connectivity index (χ2n) is 30.0. The first-order valence-corrected chi connectivity index (χ1v) is 43.6. The Labute approximate surface area is 673 Å². The lowest BCUT2D eigenvalue weighted by Crippen LogP contribution is -2.41. The van der Waals surface area contributed by atoms with Gasteiger partial charge in [0.2, 0.25) is 43.8 Å². The van der Waals surface area contributed by atoms with Crippen molar-refractivity contribution in [2.45, 2.75) is 331 Å². The first-order valence-electron chi connectivity index (χ1n) is 41.2. The Hall–Kier alpha value is -5.46. The van der Waals surface area contributed by atoms with Crippen LogP contribution in [0.5, 0.6) is 0 Å². The van der Waals surface area contributed by atoms with Crippen LogP contribution in [0.25, 0.3) is 0 Å². The van der Waals surface area contributed by atoms with Gasteiger partial charge in [0.1, 0.15) is 29.7 Å². The third-order valence-corrected chi connectivity index (χ3v) is 25.0. The number of ketones is 2. The number of nitrogens with zero attached hydrogens (tertiary/aromatic N) is 11. The summed E-state index contributed by atoms with van der Waals surface area (Å²) in [4.78, 5) is 130. The molecule has 0 radical (unpaired) electrons. The summed E-state index contributed by atoms with van der Waals surface area (Å²) >= 11 is 0. The predicted molar refractivity (Wildman–Crippen MR) is 432 cm³/mol. The summed E-state index contributed by atoms with van der Waals surface area (Å²) in [6.07, 6.45) is 10.3. The fourth-order valence-corrected chi connectivity index (χ4v) is 18.2. The molecule has 30 nitrogen and oxygen atoms in total. The van der Waals surface area contributed by atoms with Crippen LogP contribution in [0.3, 0.4) is 0 Å². The summed E-state index contributed by atoms with van der Waals surface area (Å²) in [6.45, 7) is 38.6. The second-order valence-corrected chi connectivity index (χ2v) is 32.9. The molecule has 6 amide bonds. The molecule has 3 N–H and O–H groups in total. The number of rotatable bonds is 36. The number of likely N-dealkylation sites (tertiary alicyclic amines) is 6. The van der Waals surface area contributed by atoms with E-state index in [0.717, 1.165) is 64.6 Å². The smallest absolute Gasteiger partial charge is 0.306 e. The molecule has 6 saturated heterocycles. The van der Waals surface area contributed by atoms with Crippen LogP contribution in [0.2, 0.25) is 0 Å². The highest BCUT2D eigenvalue weighted by molar-refractivity contribution is 7.48. The fraction of sp³-hybridized carbons (Fsp3) is 0.850. The van der Waals surface area contributed by atoms with Crippen LogP contribution in [0.4, 0.5) is 0 Å². The molecular weight excluding hydrogens is 1480 g/mol. The molecule has 0 aliphatic carbocycles. The molecule has 0 saturated carbocycles. The minimum atomic E-state index is -1.26. The van der Waals surface area contributed by atoms with E-state index in [1.807, 2.05) is 103 Å². The molecule has 14 atom stereocenters. The summed E-state index contributed by atoms with van der Waals surface area (Å²) in [5.74, 6) is 0.543. The molecule has 32 heteroatoms. The summed E-state index contributed by atoms with van der Waals surface area (Å²) in [5, 5.41) is 45.4. The van der Waals surface area contributed by atoms with Gasteiger partial charge in [0.05, 0.1) is 113 Å². The number of aliphatic hydroxyl groups is 3. The zero-order valence-electron chi connectivity index (χ0n) is 72.0. The summed E-state index contributed by atoms with van der Waals surface area (Å²) in [6, 6.07) is 4.58. The number of nitriles is 2. The molecule has 6 heterocycles. The van der Waals surface area contributed by atoms with E-state index in [-0.39, 0.29) is 170 Å². The maximum Gasteiger partial charge on any atom is 0.306 e. The molecule has 6 aliphatic rings. The molecule has 6 rings (SSSR count). The van der Waals surface area contributed by atoms with Crippen LogP contribution in [-0.4, -0.2) is 297 Å². The lowest BCUT2D eigenvalue weighted by atomic mass is 10.0. The number of amides is 6. The topological polar surface area (TPSA) is 364 Å². The number of hydrogen-bond acceptors (Lipinski definition) is 24. The predicted octanol–water partition coefficient (Wildman–Crippen LogP) is 9.72.